The van der Waals surface area contributed by atoms with Crippen LogP contribution in [0, 0.1) is 20.8 Å². The van der Waals surface area contributed by atoms with Crippen LogP contribution >= 0.6 is 0 Å². The molecule has 0 aliphatic rings. The zero-order valence-corrected chi connectivity index (χ0v) is 20.0. The van der Waals surface area contributed by atoms with Gasteiger partial charge in [0.15, 0.2) is 0 Å². The van der Waals surface area contributed by atoms with Crippen LogP contribution in [0.5, 0.6) is 0 Å². The van der Waals surface area contributed by atoms with E-state index in [1.165, 1.54) is 0 Å². The van der Waals surface area contributed by atoms with Crippen LogP contribution in [0.1, 0.15) is 47.8 Å². The lowest BCUT2D eigenvalue weighted by Crippen LogP contribution is -2.21. The smallest absolute Gasteiger partial charge is 0.258 e. The number of amides is 3. The minimum Gasteiger partial charge on any atom is -0.290 e. The number of aryl methyl sites for hydroxylation is 3. The van der Waals surface area contributed by atoms with Gasteiger partial charge in [-0.1, -0.05) is 53.1 Å². The Morgan fingerprint density at radius 3 is 1.03 bits per heavy atom. The largest absolute Gasteiger partial charge is 0.290 e. The third-order valence-corrected chi connectivity index (χ3v) is 5.15. The fourth-order valence-corrected chi connectivity index (χ4v) is 3.42. The number of anilines is 3. The Bertz CT molecular complexity index is 1280. The summed E-state index contributed by atoms with van der Waals surface area (Å²) in [5, 5.41) is 7.82. The number of nitrogens with zero attached hydrogens (tertiary/aromatic N) is 3. The van der Waals surface area contributed by atoms with Crippen LogP contribution in [0.15, 0.2) is 72.8 Å². The zero-order chi connectivity index (χ0) is 25.7. The number of benzene rings is 3. The van der Waals surface area contributed by atoms with Gasteiger partial charge in [0, 0.05) is 16.7 Å². The van der Waals surface area contributed by atoms with Crippen LogP contribution in [-0.4, -0.2) is 32.7 Å². The fraction of sp³-hybridized carbons (Fsp3) is 0.111. The van der Waals surface area contributed by atoms with Crippen molar-refractivity contribution in [2.24, 2.45) is 0 Å². The van der Waals surface area contributed by atoms with Gasteiger partial charge in [-0.15, -0.1) is 0 Å². The second-order valence-corrected chi connectivity index (χ2v) is 8.28. The van der Waals surface area contributed by atoms with E-state index in [2.05, 4.69) is 30.9 Å². The summed E-state index contributed by atoms with van der Waals surface area (Å²) < 4.78 is 0. The van der Waals surface area contributed by atoms with Gasteiger partial charge in [-0.05, 0) is 57.2 Å². The molecule has 3 N–H and O–H groups in total. The molecule has 0 saturated heterocycles. The predicted molar refractivity (Wildman–Crippen MR) is 137 cm³/mol. The maximum absolute atomic E-state index is 12.8. The quantitative estimate of drug-likeness (QED) is 0.372. The standard InChI is InChI=1S/C27H24N6O3/c1-16-7-4-10-19(13-16)22(34)28-25-31-26(29-23(35)20-11-5-8-17(2)14-20)33-27(32-25)30-24(36)21-12-6-9-18(3)15-21/h4-15H,1-3H3,(H3,28,29,30,31,32,33,34,35,36). The van der Waals surface area contributed by atoms with Crippen molar-refractivity contribution in [2.45, 2.75) is 20.8 Å². The molecule has 0 bridgehead atoms. The molecule has 0 unspecified atom stereocenters. The number of hydrogen-bond acceptors (Lipinski definition) is 6. The average Bonchev–Trinajstić information content (AvgIpc) is 2.84. The molecular formula is C27H24N6O3. The SMILES string of the molecule is Cc1cccc(C(=O)Nc2nc(NC(=O)c3cccc(C)c3)nc(NC(=O)c3cccc(C)c3)n2)c1. The molecule has 0 radical (unpaired) electrons. The van der Waals surface area contributed by atoms with Crippen LogP contribution in [0.4, 0.5) is 17.8 Å². The molecule has 3 aromatic carbocycles. The lowest BCUT2D eigenvalue weighted by molar-refractivity contribution is 0.101. The minimum absolute atomic E-state index is 0.129. The topological polar surface area (TPSA) is 126 Å². The molecule has 1 heterocycles. The summed E-state index contributed by atoms with van der Waals surface area (Å²) in [7, 11) is 0. The second kappa shape index (κ2) is 10.6. The third kappa shape index (κ3) is 6.15. The lowest BCUT2D eigenvalue weighted by Gasteiger charge is -2.11. The molecule has 180 valence electrons. The Balaban J connectivity index is 1.63. The van der Waals surface area contributed by atoms with Crippen LogP contribution in [0.2, 0.25) is 0 Å². The van der Waals surface area contributed by atoms with Gasteiger partial charge in [-0.3, -0.25) is 30.3 Å². The molecule has 0 aliphatic carbocycles. The maximum Gasteiger partial charge on any atom is 0.258 e. The summed E-state index contributed by atoms with van der Waals surface area (Å²) in [6.45, 7) is 5.62. The van der Waals surface area contributed by atoms with Crippen molar-refractivity contribution in [3.05, 3.63) is 106 Å². The Morgan fingerprint density at radius 2 is 0.778 bits per heavy atom. The first-order valence-corrected chi connectivity index (χ1v) is 11.2. The van der Waals surface area contributed by atoms with E-state index in [0.29, 0.717) is 16.7 Å². The Hall–Kier alpha value is -4.92. The summed E-state index contributed by atoms with van der Waals surface area (Å²) in [6.07, 6.45) is 0. The van der Waals surface area contributed by atoms with E-state index in [1.54, 1.807) is 54.6 Å². The van der Waals surface area contributed by atoms with Crippen molar-refractivity contribution >= 4 is 35.6 Å². The van der Waals surface area contributed by atoms with E-state index in [0.717, 1.165) is 16.7 Å². The number of rotatable bonds is 6. The molecule has 4 rings (SSSR count). The van der Waals surface area contributed by atoms with Gasteiger partial charge in [0.2, 0.25) is 17.8 Å². The summed E-state index contributed by atoms with van der Waals surface area (Å²) in [4.78, 5) is 50.8. The minimum atomic E-state index is -0.447. The molecule has 0 fully saturated rings. The summed E-state index contributed by atoms with van der Waals surface area (Å²) in [5.74, 6) is -1.73. The first-order chi connectivity index (χ1) is 17.3. The van der Waals surface area contributed by atoms with Crippen molar-refractivity contribution in [2.75, 3.05) is 16.0 Å². The first-order valence-electron chi connectivity index (χ1n) is 11.2. The van der Waals surface area contributed by atoms with E-state index in [1.807, 2.05) is 39.0 Å². The van der Waals surface area contributed by atoms with E-state index in [4.69, 9.17) is 0 Å². The van der Waals surface area contributed by atoms with Crippen LogP contribution in [0.25, 0.3) is 0 Å². The highest BCUT2D eigenvalue weighted by molar-refractivity contribution is 6.06. The van der Waals surface area contributed by atoms with Crippen molar-refractivity contribution in [3.8, 4) is 0 Å². The van der Waals surface area contributed by atoms with Gasteiger partial charge in [0.05, 0.1) is 0 Å². The molecule has 0 atom stereocenters. The van der Waals surface area contributed by atoms with Gasteiger partial charge in [0.1, 0.15) is 0 Å². The predicted octanol–water partition coefficient (Wildman–Crippen LogP) is 4.55. The van der Waals surface area contributed by atoms with Crippen molar-refractivity contribution in [3.63, 3.8) is 0 Å². The van der Waals surface area contributed by atoms with E-state index in [9.17, 15) is 14.4 Å². The Kier molecular flexibility index (Phi) is 7.10. The third-order valence-electron chi connectivity index (χ3n) is 5.15. The molecule has 0 spiro atoms. The number of nitrogens with one attached hydrogen (secondary N) is 3. The highest BCUT2D eigenvalue weighted by atomic mass is 16.2. The van der Waals surface area contributed by atoms with Gasteiger partial charge in [0.25, 0.3) is 17.7 Å². The molecule has 0 aliphatic heterocycles. The van der Waals surface area contributed by atoms with Crippen molar-refractivity contribution in [1.82, 2.24) is 15.0 Å². The van der Waals surface area contributed by atoms with Crippen molar-refractivity contribution < 1.29 is 14.4 Å². The number of aromatic nitrogens is 3. The monoisotopic (exact) mass is 480 g/mol. The van der Waals surface area contributed by atoms with Crippen LogP contribution in [-0.2, 0) is 0 Å². The Morgan fingerprint density at radius 1 is 0.500 bits per heavy atom. The molecule has 9 nitrogen and oxygen atoms in total. The molecular weight excluding hydrogens is 456 g/mol. The molecule has 3 amide bonds. The average molecular weight is 481 g/mol. The van der Waals surface area contributed by atoms with Gasteiger partial charge in [-0.25, -0.2) is 0 Å². The highest BCUT2D eigenvalue weighted by Gasteiger charge is 2.16. The van der Waals surface area contributed by atoms with Gasteiger partial charge in [-0.2, -0.15) is 15.0 Å². The van der Waals surface area contributed by atoms with E-state index in [-0.39, 0.29) is 17.8 Å². The molecule has 9 heteroatoms. The van der Waals surface area contributed by atoms with Gasteiger partial charge < -0.3 is 0 Å². The summed E-state index contributed by atoms with van der Waals surface area (Å²) in [5.41, 5.74) is 3.96. The first kappa shape index (κ1) is 24.2. The fourth-order valence-electron chi connectivity index (χ4n) is 3.42. The Labute approximate surface area is 208 Å². The number of hydrogen-bond donors (Lipinski definition) is 3. The van der Waals surface area contributed by atoms with Crippen LogP contribution < -0.4 is 16.0 Å². The highest BCUT2D eigenvalue weighted by Crippen LogP contribution is 2.15. The lowest BCUT2D eigenvalue weighted by atomic mass is 10.1. The van der Waals surface area contributed by atoms with E-state index >= 15 is 0 Å². The number of carbonyl (C=O) groups is 3. The van der Waals surface area contributed by atoms with Gasteiger partial charge >= 0.3 is 0 Å². The van der Waals surface area contributed by atoms with Crippen molar-refractivity contribution in [1.29, 1.82) is 0 Å². The maximum atomic E-state index is 12.8. The normalized spacial score (nSPS) is 10.4. The molecule has 36 heavy (non-hydrogen) atoms. The summed E-state index contributed by atoms with van der Waals surface area (Å²) in [6, 6.07) is 21.0. The zero-order valence-electron chi connectivity index (χ0n) is 20.0. The van der Waals surface area contributed by atoms with Crippen LogP contribution in [0.3, 0.4) is 0 Å². The second-order valence-electron chi connectivity index (χ2n) is 8.28. The molecule has 4 aromatic rings. The molecule has 1 aromatic heterocycles. The number of carbonyl (C=O) groups excluding carboxylic acids is 3. The molecule has 0 saturated carbocycles. The van der Waals surface area contributed by atoms with E-state index < -0.39 is 17.7 Å². The summed E-state index contributed by atoms with van der Waals surface area (Å²) >= 11 is 0.